The van der Waals surface area contributed by atoms with Gasteiger partial charge in [-0.1, -0.05) is 0 Å². The molecule has 13 heavy (non-hydrogen) atoms. The van der Waals surface area contributed by atoms with E-state index in [0.29, 0.717) is 12.3 Å². The minimum atomic E-state index is -0.152. The number of hydrogen-bond acceptors (Lipinski definition) is 3. The second-order valence-electron chi connectivity index (χ2n) is 2.69. The number of carbonyl (C=O) groups excluding carboxylic acids is 1. The highest BCUT2D eigenvalue weighted by atomic mass is 16.3. The summed E-state index contributed by atoms with van der Waals surface area (Å²) in [6.07, 6.45) is 2.41. The second-order valence-corrected chi connectivity index (χ2v) is 2.69. The third kappa shape index (κ3) is 3.29. The summed E-state index contributed by atoms with van der Waals surface area (Å²) in [6.45, 7) is 1.57. The van der Waals surface area contributed by atoms with Crippen LogP contribution in [0.4, 0.5) is 0 Å². The molecule has 0 spiro atoms. The van der Waals surface area contributed by atoms with Crippen LogP contribution in [-0.4, -0.2) is 26.0 Å². The Labute approximate surface area is 77.3 Å². The summed E-state index contributed by atoms with van der Waals surface area (Å²) in [6, 6.07) is 3.34. The molecule has 0 bridgehead atoms. The number of amides is 1. The lowest BCUT2D eigenvalue weighted by atomic mass is 10.4. The van der Waals surface area contributed by atoms with Crippen LogP contribution in [0.3, 0.4) is 0 Å². The molecule has 1 aromatic heterocycles. The number of furan rings is 1. The first-order chi connectivity index (χ1) is 6.34. The Hall–Kier alpha value is -1.29. The van der Waals surface area contributed by atoms with Gasteiger partial charge in [0.25, 0.3) is 5.91 Å². The molecule has 1 heterocycles. The molecule has 0 aliphatic rings. The van der Waals surface area contributed by atoms with Crippen LogP contribution < -0.4 is 10.6 Å². The molecular formula is C9H14N2O2. The molecule has 0 aromatic carbocycles. The highest BCUT2D eigenvalue weighted by molar-refractivity contribution is 5.91. The van der Waals surface area contributed by atoms with Crippen molar-refractivity contribution in [2.45, 2.75) is 6.42 Å². The molecule has 1 rings (SSSR count). The Morgan fingerprint density at radius 2 is 2.38 bits per heavy atom. The zero-order valence-corrected chi connectivity index (χ0v) is 7.67. The van der Waals surface area contributed by atoms with Gasteiger partial charge in [-0.2, -0.15) is 0 Å². The predicted molar refractivity (Wildman–Crippen MR) is 49.6 cm³/mol. The van der Waals surface area contributed by atoms with E-state index in [-0.39, 0.29) is 5.91 Å². The van der Waals surface area contributed by atoms with Crippen molar-refractivity contribution in [3.05, 3.63) is 24.2 Å². The van der Waals surface area contributed by atoms with Crippen molar-refractivity contribution in [1.29, 1.82) is 0 Å². The monoisotopic (exact) mass is 182 g/mol. The predicted octanol–water partition coefficient (Wildman–Crippen LogP) is 0.619. The summed E-state index contributed by atoms with van der Waals surface area (Å²) >= 11 is 0. The summed E-state index contributed by atoms with van der Waals surface area (Å²) < 4.78 is 4.92. The minimum Gasteiger partial charge on any atom is -0.459 e. The van der Waals surface area contributed by atoms with Gasteiger partial charge in [0.2, 0.25) is 0 Å². The third-order valence-corrected chi connectivity index (χ3v) is 1.63. The van der Waals surface area contributed by atoms with E-state index in [1.807, 2.05) is 7.05 Å². The average molecular weight is 182 g/mol. The van der Waals surface area contributed by atoms with Crippen molar-refractivity contribution in [1.82, 2.24) is 10.6 Å². The number of nitrogens with one attached hydrogen (secondary N) is 2. The maximum absolute atomic E-state index is 11.2. The van der Waals surface area contributed by atoms with Gasteiger partial charge >= 0.3 is 0 Å². The molecule has 1 aromatic rings. The zero-order valence-electron chi connectivity index (χ0n) is 7.67. The van der Waals surface area contributed by atoms with E-state index in [1.54, 1.807) is 12.1 Å². The van der Waals surface area contributed by atoms with Crippen molar-refractivity contribution in [3.63, 3.8) is 0 Å². The van der Waals surface area contributed by atoms with Gasteiger partial charge in [-0.05, 0) is 32.1 Å². The molecule has 4 heteroatoms. The molecule has 1 amide bonds. The molecule has 0 aliphatic heterocycles. The first-order valence-electron chi connectivity index (χ1n) is 4.31. The lowest BCUT2D eigenvalue weighted by Crippen LogP contribution is -2.26. The van der Waals surface area contributed by atoms with Crippen LogP contribution in [-0.2, 0) is 0 Å². The Bertz CT molecular complexity index is 244. The lowest BCUT2D eigenvalue weighted by molar-refractivity contribution is 0.0925. The molecular weight excluding hydrogens is 168 g/mol. The van der Waals surface area contributed by atoms with E-state index in [0.717, 1.165) is 13.0 Å². The van der Waals surface area contributed by atoms with Crippen LogP contribution in [0.1, 0.15) is 17.0 Å². The van der Waals surface area contributed by atoms with E-state index in [2.05, 4.69) is 10.6 Å². The Kier molecular flexibility index (Phi) is 4.05. The Morgan fingerprint density at radius 1 is 1.54 bits per heavy atom. The van der Waals surface area contributed by atoms with Gasteiger partial charge in [-0.15, -0.1) is 0 Å². The maximum Gasteiger partial charge on any atom is 0.286 e. The smallest absolute Gasteiger partial charge is 0.286 e. The number of carbonyl (C=O) groups is 1. The van der Waals surface area contributed by atoms with Crippen molar-refractivity contribution in [2.24, 2.45) is 0 Å². The normalized spacial score (nSPS) is 9.92. The SMILES string of the molecule is CNCCCNC(=O)c1ccco1. The first-order valence-corrected chi connectivity index (χ1v) is 4.31. The van der Waals surface area contributed by atoms with Crippen molar-refractivity contribution < 1.29 is 9.21 Å². The van der Waals surface area contributed by atoms with Crippen molar-refractivity contribution in [3.8, 4) is 0 Å². The second kappa shape index (κ2) is 5.37. The quantitative estimate of drug-likeness (QED) is 0.656. The van der Waals surface area contributed by atoms with Gasteiger partial charge in [0.05, 0.1) is 6.26 Å². The number of rotatable bonds is 5. The third-order valence-electron chi connectivity index (χ3n) is 1.63. The fourth-order valence-corrected chi connectivity index (χ4v) is 0.962. The lowest BCUT2D eigenvalue weighted by Gasteiger charge is -2.01. The molecule has 0 radical (unpaired) electrons. The first kappa shape index (κ1) is 9.80. The Morgan fingerprint density at radius 3 is 3.00 bits per heavy atom. The summed E-state index contributed by atoms with van der Waals surface area (Å²) in [4.78, 5) is 11.2. The average Bonchev–Trinajstić information content (AvgIpc) is 2.65. The van der Waals surface area contributed by atoms with Crippen LogP contribution >= 0.6 is 0 Å². The van der Waals surface area contributed by atoms with E-state index < -0.39 is 0 Å². The summed E-state index contributed by atoms with van der Waals surface area (Å²) in [5.41, 5.74) is 0. The summed E-state index contributed by atoms with van der Waals surface area (Å²) in [5, 5.41) is 5.75. The Balaban J connectivity index is 2.19. The molecule has 4 nitrogen and oxygen atoms in total. The molecule has 0 aliphatic carbocycles. The van der Waals surface area contributed by atoms with Crippen LogP contribution in [0, 0.1) is 0 Å². The van der Waals surface area contributed by atoms with Crippen LogP contribution in [0.15, 0.2) is 22.8 Å². The molecule has 0 unspecified atom stereocenters. The van der Waals surface area contributed by atoms with Crippen molar-refractivity contribution >= 4 is 5.91 Å². The zero-order chi connectivity index (χ0) is 9.52. The molecule has 0 fully saturated rings. The fourth-order valence-electron chi connectivity index (χ4n) is 0.962. The van der Waals surface area contributed by atoms with E-state index in [1.165, 1.54) is 6.26 Å². The van der Waals surface area contributed by atoms with Gasteiger partial charge in [0, 0.05) is 6.54 Å². The summed E-state index contributed by atoms with van der Waals surface area (Å²) in [5.74, 6) is 0.213. The van der Waals surface area contributed by atoms with E-state index >= 15 is 0 Å². The van der Waals surface area contributed by atoms with E-state index in [4.69, 9.17) is 4.42 Å². The number of hydrogen-bond donors (Lipinski definition) is 2. The van der Waals surface area contributed by atoms with Crippen LogP contribution in [0.25, 0.3) is 0 Å². The molecule has 2 N–H and O–H groups in total. The van der Waals surface area contributed by atoms with Crippen LogP contribution in [0.5, 0.6) is 0 Å². The highest BCUT2D eigenvalue weighted by Gasteiger charge is 2.05. The topological polar surface area (TPSA) is 54.3 Å². The van der Waals surface area contributed by atoms with Gasteiger partial charge in [0.15, 0.2) is 5.76 Å². The standard InChI is InChI=1S/C9H14N2O2/c1-10-5-3-6-11-9(12)8-4-2-7-13-8/h2,4,7,10H,3,5-6H2,1H3,(H,11,12). The highest BCUT2D eigenvalue weighted by Crippen LogP contribution is 1.98. The fraction of sp³-hybridized carbons (Fsp3) is 0.444. The minimum absolute atomic E-state index is 0.152. The van der Waals surface area contributed by atoms with Gasteiger partial charge < -0.3 is 15.1 Å². The van der Waals surface area contributed by atoms with Gasteiger partial charge in [0.1, 0.15) is 0 Å². The molecule has 0 saturated carbocycles. The molecule has 0 saturated heterocycles. The van der Waals surface area contributed by atoms with Crippen LogP contribution in [0.2, 0.25) is 0 Å². The van der Waals surface area contributed by atoms with Gasteiger partial charge in [-0.25, -0.2) is 0 Å². The maximum atomic E-state index is 11.2. The van der Waals surface area contributed by atoms with Crippen molar-refractivity contribution in [2.75, 3.05) is 20.1 Å². The van der Waals surface area contributed by atoms with Gasteiger partial charge in [-0.3, -0.25) is 4.79 Å². The summed E-state index contributed by atoms with van der Waals surface area (Å²) in [7, 11) is 1.88. The molecule has 72 valence electrons. The molecule has 0 atom stereocenters. The largest absolute Gasteiger partial charge is 0.459 e. The van der Waals surface area contributed by atoms with E-state index in [9.17, 15) is 4.79 Å².